The van der Waals surface area contributed by atoms with E-state index in [4.69, 9.17) is 5.73 Å². The molecule has 0 fully saturated rings. The van der Waals surface area contributed by atoms with Crippen LogP contribution in [0.2, 0.25) is 0 Å². The summed E-state index contributed by atoms with van der Waals surface area (Å²) in [6.07, 6.45) is 0.330. The minimum absolute atomic E-state index is 0.0820. The van der Waals surface area contributed by atoms with Gasteiger partial charge in [0.1, 0.15) is 0 Å². The van der Waals surface area contributed by atoms with Crippen molar-refractivity contribution in [3.63, 3.8) is 0 Å². The predicted molar refractivity (Wildman–Crippen MR) is 67.1 cm³/mol. The minimum Gasteiger partial charge on any atom is -0.370 e. The van der Waals surface area contributed by atoms with Gasteiger partial charge in [0, 0.05) is 13.5 Å². The van der Waals surface area contributed by atoms with E-state index in [1.165, 1.54) is 11.4 Å². The highest BCUT2D eigenvalue weighted by Crippen LogP contribution is 2.16. The van der Waals surface area contributed by atoms with E-state index in [9.17, 15) is 13.2 Å². The van der Waals surface area contributed by atoms with E-state index in [0.29, 0.717) is 5.69 Å². The number of nitrogens with two attached hydrogens (primary N) is 1. The number of carbonyl (C=O) groups excluding carboxylic acids is 1. The molecule has 94 valence electrons. The molecule has 0 radical (unpaired) electrons. The van der Waals surface area contributed by atoms with Crippen LogP contribution in [0.15, 0.2) is 30.3 Å². The summed E-state index contributed by atoms with van der Waals surface area (Å²) in [6, 6.07) is 8.78. The summed E-state index contributed by atoms with van der Waals surface area (Å²) in [5.74, 6) is -0.566. The summed E-state index contributed by atoms with van der Waals surface area (Å²) in [5.41, 5.74) is 5.56. The molecule has 0 aliphatic carbocycles. The second-order valence-corrected chi connectivity index (χ2v) is 5.81. The van der Waals surface area contributed by atoms with E-state index in [-0.39, 0.29) is 18.6 Å². The lowest BCUT2D eigenvalue weighted by Crippen LogP contribution is -2.29. The molecule has 0 aliphatic rings. The molecule has 0 aromatic heterocycles. The first-order chi connectivity index (χ1) is 7.93. The van der Waals surface area contributed by atoms with Crippen LogP contribution in [0.4, 0.5) is 5.69 Å². The molecule has 5 nitrogen and oxygen atoms in total. The molecule has 1 aromatic rings. The van der Waals surface area contributed by atoms with Crippen molar-refractivity contribution in [2.24, 2.45) is 5.73 Å². The highest BCUT2D eigenvalue weighted by molar-refractivity contribution is 7.92. The van der Waals surface area contributed by atoms with Crippen LogP contribution in [-0.2, 0) is 14.8 Å². The normalized spacial score (nSPS) is 11.1. The molecule has 0 aliphatic heterocycles. The molecule has 0 saturated heterocycles. The predicted octanol–water partition coefficient (Wildman–Crippen LogP) is 0.718. The first-order valence-corrected chi connectivity index (χ1v) is 6.84. The van der Waals surface area contributed by atoms with E-state index in [0.717, 1.165) is 0 Å². The van der Waals surface area contributed by atoms with Gasteiger partial charge in [-0.2, -0.15) is 0 Å². The molecule has 0 unspecified atom stereocenters. The van der Waals surface area contributed by atoms with Crippen LogP contribution < -0.4 is 10.0 Å². The van der Waals surface area contributed by atoms with Gasteiger partial charge in [-0.15, -0.1) is 0 Å². The molecule has 17 heavy (non-hydrogen) atoms. The summed E-state index contributed by atoms with van der Waals surface area (Å²) in [7, 11) is -1.89. The van der Waals surface area contributed by atoms with Crippen LogP contribution in [0.3, 0.4) is 0 Å². The Morgan fingerprint density at radius 2 is 1.88 bits per heavy atom. The van der Waals surface area contributed by atoms with E-state index in [1.807, 2.05) is 6.07 Å². The summed E-state index contributed by atoms with van der Waals surface area (Å²) < 4.78 is 25.0. The fourth-order valence-corrected chi connectivity index (χ4v) is 2.59. The molecule has 2 N–H and O–H groups in total. The SMILES string of the molecule is CN(c1ccccc1)S(=O)(=O)CCCC(N)=O. The maximum absolute atomic E-state index is 11.9. The van der Waals surface area contributed by atoms with Gasteiger partial charge < -0.3 is 5.73 Å². The number of primary amides is 1. The quantitative estimate of drug-likeness (QED) is 0.814. The molecule has 0 heterocycles. The summed E-state index contributed by atoms with van der Waals surface area (Å²) in [4.78, 5) is 10.5. The average molecular weight is 256 g/mol. The molecular formula is C11H16N2O3S. The highest BCUT2D eigenvalue weighted by atomic mass is 32.2. The molecule has 0 spiro atoms. The van der Waals surface area contributed by atoms with Crippen LogP contribution in [0.25, 0.3) is 0 Å². The van der Waals surface area contributed by atoms with Crippen molar-refractivity contribution in [2.75, 3.05) is 17.1 Å². The van der Waals surface area contributed by atoms with Crippen LogP contribution in [0.5, 0.6) is 0 Å². The Morgan fingerprint density at radius 1 is 1.29 bits per heavy atom. The molecule has 6 heteroatoms. The monoisotopic (exact) mass is 256 g/mol. The highest BCUT2D eigenvalue weighted by Gasteiger charge is 2.17. The van der Waals surface area contributed by atoms with Crippen molar-refractivity contribution in [2.45, 2.75) is 12.8 Å². The second kappa shape index (κ2) is 5.67. The number of hydrogen-bond donors (Lipinski definition) is 1. The van der Waals surface area contributed by atoms with Crippen LogP contribution >= 0.6 is 0 Å². The van der Waals surface area contributed by atoms with Crippen LogP contribution in [0.1, 0.15) is 12.8 Å². The fraction of sp³-hybridized carbons (Fsp3) is 0.364. The third-order valence-corrected chi connectivity index (χ3v) is 4.21. The summed E-state index contributed by atoms with van der Waals surface area (Å²) in [6.45, 7) is 0. The Balaban J connectivity index is 2.68. The van der Waals surface area contributed by atoms with Gasteiger partial charge in [0.25, 0.3) is 0 Å². The maximum atomic E-state index is 11.9. The van der Waals surface area contributed by atoms with E-state index in [1.54, 1.807) is 24.3 Å². The number of sulfonamides is 1. The molecule has 1 rings (SSSR count). The van der Waals surface area contributed by atoms with E-state index < -0.39 is 15.9 Å². The Bertz CT molecular complexity index is 471. The largest absolute Gasteiger partial charge is 0.370 e. The number of anilines is 1. The first-order valence-electron chi connectivity index (χ1n) is 5.23. The number of hydrogen-bond acceptors (Lipinski definition) is 3. The lowest BCUT2D eigenvalue weighted by Gasteiger charge is -2.19. The van der Waals surface area contributed by atoms with Gasteiger partial charge in [0.2, 0.25) is 15.9 Å². The minimum atomic E-state index is -3.38. The second-order valence-electron chi connectivity index (χ2n) is 3.69. The molecule has 1 aromatic carbocycles. The number of amides is 1. The van der Waals surface area contributed by atoms with Crippen molar-refractivity contribution in [1.82, 2.24) is 0 Å². The van der Waals surface area contributed by atoms with Gasteiger partial charge in [-0.05, 0) is 18.6 Å². The van der Waals surface area contributed by atoms with E-state index >= 15 is 0 Å². The Kier molecular flexibility index (Phi) is 4.51. The summed E-state index contributed by atoms with van der Waals surface area (Å²) >= 11 is 0. The smallest absolute Gasteiger partial charge is 0.234 e. The van der Waals surface area contributed by atoms with Crippen molar-refractivity contribution < 1.29 is 13.2 Å². The fourth-order valence-electron chi connectivity index (χ4n) is 1.36. The average Bonchev–Trinajstić information content (AvgIpc) is 2.28. The van der Waals surface area contributed by atoms with Gasteiger partial charge in [0.15, 0.2) is 0 Å². The van der Waals surface area contributed by atoms with Gasteiger partial charge in [-0.1, -0.05) is 18.2 Å². The number of carbonyl (C=O) groups is 1. The van der Waals surface area contributed by atoms with E-state index in [2.05, 4.69) is 0 Å². The van der Waals surface area contributed by atoms with Gasteiger partial charge in [-0.3, -0.25) is 9.10 Å². The lowest BCUT2D eigenvalue weighted by atomic mass is 10.3. The zero-order chi connectivity index (χ0) is 12.9. The van der Waals surface area contributed by atoms with Crippen molar-refractivity contribution in [3.05, 3.63) is 30.3 Å². The lowest BCUT2D eigenvalue weighted by molar-refractivity contribution is -0.118. The molecule has 0 atom stereocenters. The number of para-hydroxylation sites is 1. The zero-order valence-corrected chi connectivity index (χ0v) is 10.5. The maximum Gasteiger partial charge on any atom is 0.234 e. The van der Waals surface area contributed by atoms with Crippen molar-refractivity contribution in [3.8, 4) is 0 Å². The van der Waals surface area contributed by atoms with Crippen LogP contribution in [0, 0.1) is 0 Å². The number of rotatable bonds is 6. The van der Waals surface area contributed by atoms with Crippen molar-refractivity contribution >= 4 is 21.6 Å². The third kappa shape index (κ3) is 4.07. The molecule has 0 bridgehead atoms. The third-order valence-electron chi connectivity index (χ3n) is 2.36. The van der Waals surface area contributed by atoms with Crippen molar-refractivity contribution in [1.29, 1.82) is 0 Å². The number of nitrogens with zero attached hydrogens (tertiary/aromatic N) is 1. The Labute approximate surface area is 101 Å². The summed E-state index contributed by atoms with van der Waals surface area (Å²) in [5, 5.41) is 0. The molecular weight excluding hydrogens is 240 g/mol. The van der Waals surface area contributed by atoms with Gasteiger partial charge in [-0.25, -0.2) is 8.42 Å². The van der Waals surface area contributed by atoms with Gasteiger partial charge in [0.05, 0.1) is 11.4 Å². The zero-order valence-electron chi connectivity index (χ0n) is 9.67. The first kappa shape index (κ1) is 13.5. The standard InChI is InChI=1S/C11H16N2O3S/c1-13(10-6-3-2-4-7-10)17(15,16)9-5-8-11(12)14/h2-4,6-7H,5,8-9H2,1H3,(H2,12,14). The molecule has 1 amide bonds. The number of benzene rings is 1. The Hall–Kier alpha value is -1.56. The van der Waals surface area contributed by atoms with Gasteiger partial charge >= 0.3 is 0 Å². The van der Waals surface area contributed by atoms with Crippen LogP contribution in [-0.4, -0.2) is 27.1 Å². The topological polar surface area (TPSA) is 80.5 Å². The Morgan fingerprint density at radius 3 is 2.41 bits per heavy atom. The molecule has 0 saturated carbocycles.